The monoisotopic (exact) mass is 296 g/mol. The van der Waals surface area contributed by atoms with Crippen molar-refractivity contribution >= 4 is 0 Å². The average Bonchev–Trinajstić information content (AvgIpc) is 2.99. The Morgan fingerprint density at radius 2 is 1.76 bits per heavy atom. The molecule has 3 heteroatoms. The third kappa shape index (κ3) is 5.88. The summed E-state index contributed by atoms with van der Waals surface area (Å²) in [4.78, 5) is 2.74. The number of nitrogens with one attached hydrogen (secondary N) is 1. The highest BCUT2D eigenvalue weighted by molar-refractivity contribution is 4.84. The van der Waals surface area contributed by atoms with Crippen molar-refractivity contribution in [3.8, 4) is 0 Å². The van der Waals surface area contributed by atoms with E-state index in [1.807, 2.05) is 0 Å². The fourth-order valence-electron chi connectivity index (χ4n) is 4.22. The predicted octanol–water partition coefficient (Wildman–Crippen LogP) is 3.03. The van der Waals surface area contributed by atoms with Gasteiger partial charge in [-0.3, -0.25) is 0 Å². The Bertz CT molecular complexity index is 268. The van der Waals surface area contributed by atoms with Crippen LogP contribution in [0.3, 0.4) is 0 Å². The van der Waals surface area contributed by atoms with E-state index in [-0.39, 0.29) is 0 Å². The molecule has 0 aromatic heterocycles. The van der Waals surface area contributed by atoms with Crippen LogP contribution in [-0.4, -0.2) is 48.3 Å². The predicted molar refractivity (Wildman–Crippen MR) is 89.5 cm³/mol. The van der Waals surface area contributed by atoms with Gasteiger partial charge < -0.3 is 15.3 Å². The summed E-state index contributed by atoms with van der Waals surface area (Å²) in [5, 5.41) is 13.0. The van der Waals surface area contributed by atoms with Crippen LogP contribution in [-0.2, 0) is 0 Å². The van der Waals surface area contributed by atoms with Gasteiger partial charge in [-0.05, 0) is 70.0 Å². The van der Waals surface area contributed by atoms with E-state index < -0.39 is 0 Å². The van der Waals surface area contributed by atoms with Crippen LogP contribution < -0.4 is 5.32 Å². The van der Waals surface area contributed by atoms with E-state index in [1.165, 1.54) is 58.0 Å². The van der Waals surface area contributed by atoms with Gasteiger partial charge in [-0.1, -0.05) is 26.7 Å². The zero-order valence-electron chi connectivity index (χ0n) is 14.2. The molecule has 0 spiro atoms. The molecule has 0 amide bonds. The quantitative estimate of drug-likeness (QED) is 0.723. The number of likely N-dealkylation sites (tertiary alicyclic amines) is 1. The molecule has 2 rings (SSSR count). The first-order chi connectivity index (χ1) is 10.2. The summed E-state index contributed by atoms with van der Waals surface area (Å²) in [6.07, 6.45) is 10.6. The Labute approximate surface area is 131 Å². The Morgan fingerprint density at radius 1 is 1.10 bits per heavy atom. The maximum Gasteiger partial charge on any atom is 0.0434 e. The third-order valence-corrected chi connectivity index (χ3v) is 5.41. The third-order valence-electron chi connectivity index (χ3n) is 5.41. The smallest absolute Gasteiger partial charge is 0.0434 e. The maximum absolute atomic E-state index is 9.21. The van der Waals surface area contributed by atoms with Crippen LogP contribution in [0.5, 0.6) is 0 Å². The Kier molecular flexibility index (Phi) is 7.48. The van der Waals surface area contributed by atoms with Crippen LogP contribution in [0.1, 0.15) is 65.2 Å². The van der Waals surface area contributed by atoms with Gasteiger partial charge in [-0.15, -0.1) is 0 Å². The van der Waals surface area contributed by atoms with Crippen LogP contribution in [0.15, 0.2) is 0 Å². The number of aliphatic hydroxyl groups is 1. The molecule has 1 aliphatic heterocycles. The number of hydrogen-bond acceptors (Lipinski definition) is 3. The molecular weight excluding hydrogens is 260 g/mol. The first kappa shape index (κ1) is 17.2. The molecule has 1 saturated carbocycles. The number of piperidine rings is 1. The molecule has 1 saturated heterocycles. The maximum atomic E-state index is 9.21. The van der Waals surface area contributed by atoms with Crippen molar-refractivity contribution in [1.29, 1.82) is 0 Å². The molecule has 1 heterocycles. The highest BCUT2D eigenvalue weighted by Gasteiger charge is 2.27. The second-order valence-electron chi connectivity index (χ2n) is 7.66. The fraction of sp³-hybridized carbons (Fsp3) is 1.00. The standard InChI is InChI=1S/C18H36N2O/c1-15(2)13-16(9-12-21)14-19-17-7-10-20(11-8-17)18-5-3-4-6-18/h15-19,21H,3-14H2,1-2H3. The van der Waals surface area contributed by atoms with Gasteiger partial charge in [-0.2, -0.15) is 0 Å². The van der Waals surface area contributed by atoms with Gasteiger partial charge in [0.25, 0.3) is 0 Å². The normalized spacial score (nSPS) is 24.0. The number of rotatable bonds is 8. The molecule has 2 fully saturated rings. The molecular formula is C18H36N2O. The molecule has 0 bridgehead atoms. The van der Waals surface area contributed by atoms with Crippen molar-refractivity contribution in [3.05, 3.63) is 0 Å². The highest BCUT2D eigenvalue weighted by atomic mass is 16.3. The summed E-state index contributed by atoms with van der Waals surface area (Å²) in [6.45, 7) is 8.56. The summed E-state index contributed by atoms with van der Waals surface area (Å²) in [5.41, 5.74) is 0. The molecule has 21 heavy (non-hydrogen) atoms. The van der Waals surface area contributed by atoms with Gasteiger partial charge >= 0.3 is 0 Å². The van der Waals surface area contributed by atoms with Gasteiger partial charge in [0.1, 0.15) is 0 Å². The minimum atomic E-state index is 0.333. The first-order valence-corrected chi connectivity index (χ1v) is 9.27. The minimum Gasteiger partial charge on any atom is -0.396 e. The van der Waals surface area contributed by atoms with E-state index in [2.05, 4.69) is 24.1 Å². The molecule has 2 N–H and O–H groups in total. The summed E-state index contributed by atoms with van der Waals surface area (Å²) in [6, 6.07) is 1.60. The van der Waals surface area contributed by atoms with E-state index >= 15 is 0 Å². The first-order valence-electron chi connectivity index (χ1n) is 9.27. The summed E-state index contributed by atoms with van der Waals surface area (Å²) >= 11 is 0. The van der Waals surface area contributed by atoms with Crippen LogP contribution in [0.2, 0.25) is 0 Å². The van der Waals surface area contributed by atoms with Crippen LogP contribution in [0.4, 0.5) is 0 Å². The van der Waals surface area contributed by atoms with Gasteiger partial charge in [-0.25, -0.2) is 0 Å². The zero-order valence-corrected chi connectivity index (χ0v) is 14.2. The van der Waals surface area contributed by atoms with Gasteiger partial charge in [0.2, 0.25) is 0 Å². The van der Waals surface area contributed by atoms with Crippen molar-refractivity contribution in [1.82, 2.24) is 10.2 Å². The lowest BCUT2D eigenvalue weighted by molar-refractivity contribution is 0.141. The largest absolute Gasteiger partial charge is 0.396 e. The van der Waals surface area contributed by atoms with Crippen LogP contribution in [0, 0.1) is 11.8 Å². The topological polar surface area (TPSA) is 35.5 Å². The number of hydrogen-bond donors (Lipinski definition) is 2. The second-order valence-corrected chi connectivity index (χ2v) is 7.66. The zero-order chi connectivity index (χ0) is 15.1. The number of nitrogens with zero attached hydrogens (tertiary/aromatic N) is 1. The lowest BCUT2D eigenvalue weighted by Crippen LogP contribution is -2.46. The Balaban J connectivity index is 1.65. The fourth-order valence-corrected chi connectivity index (χ4v) is 4.22. The van der Waals surface area contributed by atoms with Crippen molar-refractivity contribution in [2.45, 2.75) is 77.3 Å². The molecule has 2 aliphatic rings. The lowest BCUT2D eigenvalue weighted by Gasteiger charge is -2.37. The van der Waals surface area contributed by atoms with Crippen molar-refractivity contribution in [2.75, 3.05) is 26.2 Å². The highest BCUT2D eigenvalue weighted by Crippen LogP contribution is 2.26. The summed E-state index contributed by atoms with van der Waals surface area (Å²) < 4.78 is 0. The van der Waals surface area contributed by atoms with Gasteiger partial charge in [0.05, 0.1) is 0 Å². The second kappa shape index (κ2) is 9.12. The molecule has 3 nitrogen and oxygen atoms in total. The Hall–Kier alpha value is -0.120. The summed E-state index contributed by atoms with van der Waals surface area (Å²) in [5.74, 6) is 1.37. The van der Waals surface area contributed by atoms with E-state index in [9.17, 15) is 5.11 Å². The van der Waals surface area contributed by atoms with E-state index in [0.29, 0.717) is 18.6 Å². The van der Waals surface area contributed by atoms with Gasteiger partial charge in [0, 0.05) is 18.7 Å². The molecule has 1 atom stereocenters. The molecule has 0 radical (unpaired) electrons. The number of aliphatic hydroxyl groups excluding tert-OH is 1. The van der Waals surface area contributed by atoms with Crippen molar-refractivity contribution in [3.63, 3.8) is 0 Å². The van der Waals surface area contributed by atoms with Crippen LogP contribution >= 0.6 is 0 Å². The van der Waals surface area contributed by atoms with E-state index in [0.717, 1.165) is 24.9 Å². The van der Waals surface area contributed by atoms with E-state index in [1.54, 1.807) is 0 Å². The molecule has 1 unspecified atom stereocenters. The van der Waals surface area contributed by atoms with E-state index in [4.69, 9.17) is 0 Å². The van der Waals surface area contributed by atoms with Crippen LogP contribution in [0.25, 0.3) is 0 Å². The average molecular weight is 296 g/mol. The molecule has 1 aliphatic carbocycles. The Morgan fingerprint density at radius 3 is 2.33 bits per heavy atom. The minimum absolute atomic E-state index is 0.333. The molecule has 0 aromatic rings. The summed E-state index contributed by atoms with van der Waals surface area (Å²) in [7, 11) is 0. The van der Waals surface area contributed by atoms with Gasteiger partial charge in [0.15, 0.2) is 0 Å². The molecule has 124 valence electrons. The SMILES string of the molecule is CC(C)CC(CCO)CNC1CCN(C2CCCC2)CC1. The molecule has 0 aromatic carbocycles. The van der Waals surface area contributed by atoms with Crippen molar-refractivity contribution in [2.24, 2.45) is 11.8 Å². The lowest BCUT2D eigenvalue weighted by atomic mass is 9.93. The van der Waals surface area contributed by atoms with Crippen molar-refractivity contribution < 1.29 is 5.11 Å².